The van der Waals surface area contributed by atoms with Gasteiger partial charge in [-0.25, -0.2) is 4.98 Å². The SMILES string of the molecule is Cc1ccc(NC(=O)C2CCCCN2)nc1.Cl.Cl. The molecule has 0 spiro atoms. The predicted octanol–water partition coefficient (Wildman–Crippen LogP) is 2.31. The number of carbonyl (C=O) groups excluding carboxylic acids is 1. The van der Waals surface area contributed by atoms with E-state index in [1.807, 2.05) is 19.1 Å². The van der Waals surface area contributed by atoms with Crippen LogP contribution in [-0.2, 0) is 4.79 Å². The number of rotatable bonds is 2. The average Bonchev–Trinajstić information content (AvgIpc) is 2.33. The van der Waals surface area contributed by atoms with E-state index in [1.165, 1.54) is 0 Å². The molecule has 1 aromatic rings. The van der Waals surface area contributed by atoms with Gasteiger partial charge in [-0.3, -0.25) is 4.79 Å². The molecule has 1 aliphatic rings. The Morgan fingerprint density at radius 1 is 1.39 bits per heavy atom. The zero-order valence-corrected chi connectivity index (χ0v) is 11.9. The molecule has 6 heteroatoms. The highest BCUT2D eigenvalue weighted by molar-refractivity contribution is 5.94. The van der Waals surface area contributed by atoms with Crippen molar-refractivity contribution in [1.29, 1.82) is 0 Å². The number of nitrogens with one attached hydrogen (secondary N) is 2. The van der Waals surface area contributed by atoms with Gasteiger partial charge in [-0.1, -0.05) is 12.5 Å². The van der Waals surface area contributed by atoms with Crippen molar-refractivity contribution in [3.63, 3.8) is 0 Å². The van der Waals surface area contributed by atoms with Crippen LogP contribution in [0.4, 0.5) is 5.82 Å². The lowest BCUT2D eigenvalue weighted by Gasteiger charge is -2.22. The first-order valence-corrected chi connectivity index (χ1v) is 5.72. The lowest BCUT2D eigenvalue weighted by Crippen LogP contribution is -2.43. The summed E-state index contributed by atoms with van der Waals surface area (Å²) >= 11 is 0. The van der Waals surface area contributed by atoms with E-state index in [9.17, 15) is 4.79 Å². The molecular weight excluding hydrogens is 273 g/mol. The molecular formula is C12H19Cl2N3O. The molecule has 4 nitrogen and oxygen atoms in total. The van der Waals surface area contributed by atoms with Crippen LogP contribution in [0.1, 0.15) is 24.8 Å². The van der Waals surface area contributed by atoms with Crippen molar-refractivity contribution in [2.45, 2.75) is 32.2 Å². The number of anilines is 1. The lowest BCUT2D eigenvalue weighted by atomic mass is 10.0. The van der Waals surface area contributed by atoms with Crippen LogP contribution in [0.2, 0.25) is 0 Å². The summed E-state index contributed by atoms with van der Waals surface area (Å²) in [6.45, 7) is 2.90. The predicted molar refractivity (Wildman–Crippen MR) is 77.7 cm³/mol. The van der Waals surface area contributed by atoms with Crippen molar-refractivity contribution in [1.82, 2.24) is 10.3 Å². The van der Waals surface area contributed by atoms with E-state index >= 15 is 0 Å². The molecule has 0 saturated carbocycles. The van der Waals surface area contributed by atoms with E-state index < -0.39 is 0 Å². The molecule has 102 valence electrons. The van der Waals surface area contributed by atoms with Crippen molar-refractivity contribution >= 4 is 36.5 Å². The second-order valence-electron chi connectivity index (χ2n) is 4.21. The highest BCUT2D eigenvalue weighted by Gasteiger charge is 2.20. The molecule has 0 aliphatic carbocycles. The number of nitrogens with zero attached hydrogens (tertiary/aromatic N) is 1. The Morgan fingerprint density at radius 3 is 2.72 bits per heavy atom. The van der Waals surface area contributed by atoms with Gasteiger partial charge in [0.25, 0.3) is 0 Å². The zero-order valence-electron chi connectivity index (χ0n) is 10.3. The number of hydrogen-bond donors (Lipinski definition) is 2. The Balaban J connectivity index is 0.00000144. The fourth-order valence-electron chi connectivity index (χ4n) is 1.83. The van der Waals surface area contributed by atoms with E-state index in [1.54, 1.807) is 6.20 Å². The number of pyridine rings is 1. The fraction of sp³-hybridized carbons (Fsp3) is 0.500. The molecule has 2 N–H and O–H groups in total. The minimum Gasteiger partial charge on any atom is -0.309 e. The monoisotopic (exact) mass is 291 g/mol. The molecule has 1 aliphatic heterocycles. The van der Waals surface area contributed by atoms with Crippen molar-refractivity contribution < 1.29 is 4.79 Å². The van der Waals surface area contributed by atoms with Gasteiger partial charge in [0.05, 0.1) is 6.04 Å². The van der Waals surface area contributed by atoms with Crippen LogP contribution in [0.3, 0.4) is 0 Å². The third-order valence-corrected chi connectivity index (χ3v) is 2.79. The van der Waals surface area contributed by atoms with Crippen LogP contribution in [0.5, 0.6) is 0 Å². The van der Waals surface area contributed by atoms with Gasteiger partial charge in [-0.05, 0) is 37.9 Å². The number of amides is 1. The Hall–Kier alpha value is -0.840. The maximum atomic E-state index is 11.8. The van der Waals surface area contributed by atoms with Gasteiger partial charge in [0.2, 0.25) is 5.91 Å². The summed E-state index contributed by atoms with van der Waals surface area (Å²) in [4.78, 5) is 16.0. The normalized spacial score (nSPS) is 18.2. The van der Waals surface area contributed by atoms with Crippen LogP contribution in [0.15, 0.2) is 18.3 Å². The number of hydrogen-bond acceptors (Lipinski definition) is 3. The summed E-state index contributed by atoms with van der Waals surface area (Å²) in [6.07, 6.45) is 4.95. The standard InChI is InChI=1S/C12H17N3O.2ClH/c1-9-5-6-11(14-8-9)15-12(16)10-4-2-3-7-13-10;;/h5-6,8,10,13H,2-4,7H2,1H3,(H,14,15,16);2*1H. The summed E-state index contributed by atoms with van der Waals surface area (Å²) in [7, 11) is 0. The van der Waals surface area contributed by atoms with Crippen LogP contribution in [0, 0.1) is 6.92 Å². The molecule has 1 unspecified atom stereocenters. The number of aromatic nitrogens is 1. The third-order valence-electron chi connectivity index (χ3n) is 2.79. The maximum absolute atomic E-state index is 11.8. The summed E-state index contributed by atoms with van der Waals surface area (Å²) in [5, 5.41) is 6.04. The van der Waals surface area contributed by atoms with Gasteiger partial charge in [0.15, 0.2) is 0 Å². The van der Waals surface area contributed by atoms with Crippen LogP contribution < -0.4 is 10.6 Å². The smallest absolute Gasteiger partial charge is 0.242 e. The van der Waals surface area contributed by atoms with Crippen molar-refractivity contribution in [3.05, 3.63) is 23.9 Å². The van der Waals surface area contributed by atoms with Crippen LogP contribution in [0.25, 0.3) is 0 Å². The molecule has 0 bridgehead atoms. The third kappa shape index (κ3) is 4.80. The van der Waals surface area contributed by atoms with E-state index in [2.05, 4.69) is 15.6 Å². The van der Waals surface area contributed by atoms with E-state index in [0.717, 1.165) is 31.4 Å². The minimum absolute atomic E-state index is 0. The first kappa shape index (κ1) is 17.2. The molecule has 18 heavy (non-hydrogen) atoms. The maximum Gasteiger partial charge on any atom is 0.242 e. The highest BCUT2D eigenvalue weighted by atomic mass is 35.5. The molecule has 0 radical (unpaired) electrons. The molecule has 1 fully saturated rings. The Morgan fingerprint density at radius 2 is 2.17 bits per heavy atom. The number of aryl methyl sites for hydroxylation is 1. The average molecular weight is 292 g/mol. The molecule has 1 atom stereocenters. The number of halogens is 2. The summed E-state index contributed by atoms with van der Waals surface area (Å²) < 4.78 is 0. The van der Waals surface area contributed by atoms with Gasteiger partial charge < -0.3 is 10.6 Å². The molecule has 2 rings (SSSR count). The Kier molecular flexibility index (Phi) is 7.91. The van der Waals surface area contributed by atoms with Crippen molar-refractivity contribution in [3.8, 4) is 0 Å². The van der Waals surface area contributed by atoms with Gasteiger partial charge in [0.1, 0.15) is 5.82 Å². The van der Waals surface area contributed by atoms with E-state index in [4.69, 9.17) is 0 Å². The topological polar surface area (TPSA) is 54.0 Å². The first-order chi connectivity index (χ1) is 7.75. The second-order valence-corrected chi connectivity index (χ2v) is 4.21. The molecule has 1 amide bonds. The highest BCUT2D eigenvalue weighted by Crippen LogP contribution is 2.10. The van der Waals surface area contributed by atoms with E-state index in [0.29, 0.717) is 5.82 Å². The Labute approximate surface area is 120 Å². The van der Waals surface area contributed by atoms with E-state index in [-0.39, 0.29) is 36.8 Å². The zero-order chi connectivity index (χ0) is 11.4. The summed E-state index contributed by atoms with van der Waals surface area (Å²) in [5.74, 6) is 0.652. The molecule has 1 saturated heterocycles. The summed E-state index contributed by atoms with van der Waals surface area (Å²) in [6, 6.07) is 3.71. The Bertz CT molecular complexity index is 364. The largest absolute Gasteiger partial charge is 0.309 e. The number of piperidine rings is 1. The van der Waals surface area contributed by atoms with Crippen LogP contribution in [-0.4, -0.2) is 23.5 Å². The summed E-state index contributed by atoms with van der Waals surface area (Å²) in [5.41, 5.74) is 1.09. The first-order valence-electron chi connectivity index (χ1n) is 5.72. The van der Waals surface area contributed by atoms with Gasteiger partial charge >= 0.3 is 0 Å². The van der Waals surface area contributed by atoms with Crippen molar-refractivity contribution in [2.75, 3.05) is 11.9 Å². The molecule has 1 aromatic heterocycles. The molecule has 0 aromatic carbocycles. The fourth-order valence-corrected chi connectivity index (χ4v) is 1.83. The van der Waals surface area contributed by atoms with Gasteiger partial charge in [-0.2, -0.15) is 0 Å². The lowest BCUT2D eigenvalue weighted by molar-refractivity contribution is -0.118. The molecule has 2 heterocycles. The quantitative estimate of drug-likeness (QED) is 0.879. The number of carbonyl (C=O) groups is 1. The second kappa shape index (κ2) is 8.29. The van der Waals surface area contributed by atoms with Crippen molar-refractivity contribution in [2.24, 2.45) is 0 Å². The van der Waals surface area contributed by atoms with Crippen LogP contribution >= 0.6 is 24.8 Å². The van der Waals surface area contributed by atoms with Gasteiger partial charge in [-0.15, -0.1) is 24.8 Å². The van der Waals surface area contributed by atoms with Gasteiger partial charge in [0, 0.05) is 6.20 Å². The minimum atomic E-state index is -0.0585.